The zero-order valence-electron chi connectivity index (χ0n) is 12.6. The minimum Gasteiger partial charge on any atom is -0.484 e. The molecule has 0 fully saturated rings. The summed E-state index contributed by atoms with van der Waals surface area (Å²) in [4.78, 5) is 20.1. The van der Waals surface area contributed by atoms with Crippen molar-refractivity contribution in [2.75, 3.05) is 6.61 Å². The molecule has 0 radical (unpaired) electrons. The van der Waals surface area contributed by atoms with Crippen LogP contribution in [0.2, 0.25) is 0 Å². The van der Waals surface area contributed by atoms with Gasteiger partial charge in [0.2, 0.25) is 0 Å². The maximum Gasteiger partial charge on any atom is 0.309 e. The molecule has 0 bridgehead atoms. The highest BCUT2D eigenvalue weighted by Crippen LogP contribution is 2.43. The molecule has 0 N–H and O–H groups in total. The number of esters is 1. The Kier molecular flexibility index (Phi) is 3.94. The molecule has 7 heteroatoms. The van der Waals surface area contributed by atoms with Crippen molar-refractivity contribution in [3.8, 4) is 17.0 Å². The number of aryl methyl sites for hydroxylation is 1. The Hall–Kier alpha value is -2.57. The van der Waals surface area contributed by atoms with Crippen LogP contribution in [0.4, 0.5) is 8.78 Å². The topological polar surface area (TPSA) is 61.3 Å². The number of hydrogen-bond donors (Lipinski definition) is 0. The Bertz CT molecular complexity index is 780. The van der Waals surface area contributed by atoms with E-state index in [9.17, 15) is 13.6 Å². The fraction of sp³-hybridized carbons (Fsp3) is 0.312. The van der Waals surface area contributed by atoms with Gasteiger partial charge in [-0.2, -0.15) is 0 Å². The van der Waals surface area contributed by atoms with Gasteiger partial charge in [0.15, 0.2) is 11.6 Å². The molecule has 0 aliphatic carbocycles. The summed E-state index contributed by atoms with van der Waals surface area (Å²) in [5.74, 6) is -1.83. The van der Waals surface area contributed by atoms with Crippen LogP contribution in [0.15, 0.2) is 18.3 Å². The number of nitrogens with zero attached hydrogens (tertiary/aromatic N) is 2. The molecule has 1 unspecified atom stereocenters. The minimum atomic E-state index is -1.02. The number of ether oxygens (including phenoxy) is 2. The second-order valence-corrected chi connectivity index (χ2v) is 5.10. The van der Waals surface area contributed by atoms with Gasteiger partial charge >= 0.3 is 5.97 Å². The van der Waals surface area contributed by atoms with Crippen LogP contribution < -0.4 is 4.74 Å². The lowest BCUT2D eigenvalue weighted by atomic mass is 9.97. The summed E-state index contributed by atoms with van der Waals surface area (Å²) in [5, 5.41) is 0. The van der Waals surface area contributed by atoms with Gasteiger partial charge in [0.25, 0.3) is 0 Å². The van der Waals surface area contributed by atoms with E-state index >= 15 is 0 Å². The quantitative estimate of drug-likeness (QED) is 0.813. The van der Waals surface area contributed by atoms with Gasteiger partial charge in [-0.15, -0.1) is 0 Å². The van der Waals surface area contributed by atoms with E-state index in [1.165, 1.54) is 6.20 Å². The molecule has 0 amide bonds. The Morgan fingerprint density at radius 1 is 1.35 bits per heavy atom. The Morgan fingerprint density at radius 3 is 2.83 bits per heavy atom. The number of benzene rings is 1. The zero-order chi connectivity index (χ0) is 16.6. The first-order valence-corrected chi connectivity index (χ1v) is 7.14. The Morgan fingerprint density at radius 2 is 2.09 bits per heavy atom. The first-order chi connectivity index (χ1) is 11.0. The number of halogens is 2. The number of carbonyl (C=O) groups excluding carboxylic acids is 1. The van der Waals surface area contributed by atoms with E-state index in [4.69, 9.17) is 9.47 Å². The highest BCUT2D eigenvalue weighted by Gasteiger charge is 2.31. The van der Waals surface area contributed by atoms with Crippen molar-refractivity contribution < 1.29 is 23.0 Å². The molecule has 0 spiro atoms. The molecule has 120 valence electrons. The second kappa shape index (κ2) is 5.91. The van der Waals surface area contributed by atoms with Crippen molar-refractivity contribution in [1.82, 2.24) is 9.97 Å². The maximum absolute atomic E-state index is 13.6. The maximum atomic E-state index is 13.6. The van der Waals surface area contributed by atoms with Gasteiger partial charge in [-0.25, -0.2) is 18.7 Å². The van der Waals surface area contributed by atoms with Crippen LogP contribution in [-0.2, 0) is 9.53 Å². The normalized spacial score (nSPS) is 15.4. The van der Waals surface area contributed by atoms with Gasteiger partial charge < -0.3 is 9.47 Å². The fourth-order valence-electron chi connectivity index (χ4n) is 2.48. The third-order valence-electron chi connectivity index (χ3n) is 3.49. The van der Waals surface area contributed by atoms with Crippen LogP contribution in [0.1, 0.15) is 30.8 Å². The van der Waals surface area contributed by atoms with Crippen LogP contribution >= 0.6 is 0 Å². The molecule has 0 saturated heterocycles. The van der Waals surface area contributed by atoms with E-state index in [0.29, 0.717) is 22.6 Å². The van der Waals surface area contributed by atoms with Crippen molar-refractivity contribution in [3.05, 3.63) is 41.4 Å². The van der Waals surface area contributed by atoms with E-state index < -0.39 is 23.7 Å². The van der Waals surface area contributed by atoms with Crippen molar-refractivity contribution in [3.63, 3.8) is 0 Å². The molecular formula is C16H14F2N2O3. The molecular weight excluding hydrogens is 306 g/mol. The molecule has 0 saturated carbocycles. The first-order valence-electron chi connectivity index (χ1n) is 7.14. The van der Waals surface area contributed by atoms with E-state index in [0.717, 1.165) is 12.1 Å². The van der Waals surface area contributed by atoms with Gasteiger partial charge in [-0.3, -0.25) is 4.79 Å². The van der Waals surface area contributed by atoms with E-state index in [1.807, 2.05) is 0 Å². The van der Waals surface area contributed by atoms with Crippen molar-refractivity contribution in [2.45, 2.75) is 26.4 Å². The van der Waals surface area contributed by atoms with Crippen molar-refractivity contribution >= 4 is 5.97 Å². The average Bonchev–Trinajstić information content (AvgIpc) is 2.49. The first kappa shape index (κ1) is 15.3. The molecule has 1 aromatic carbocycles. The fourth-order valence-corrected chi connectivity index (χ4v) is 2.48. The SMILES string of the molecule is CCOC(=O)CC1Oc2cc(F)c(F)cc2-c2nc(C)ncc21. The van der Waals surface area contributed by atoms with Crippen LogP contribution in [-0.4, -0.2) is 22.5 Å². The Balaban J connectivity index is 2.08. The van der Waals surface area contributed by atoms with Gasteiger partial charge in [-0.05, 0) is 19.9 Å². The number of fused-ring (bicyclic) bond motifs is 3. The van der Waals surface area contributed by atoms with Gasteiger partial charge in [-0.1, -0.05) is 0 Å². The van der Waals surface area contributed by atoms with Gasteiger partial charge in [0, 0.05) is 23.4 Å². The smallest absolute Gasteiger partial charge is 0.309 e. The molecule has 2 heterocycles. The minimum absolute atomic E-state index is 0.0638. The Labute approximate surface area is 131 Å². The summed E-state index contributed by atoms with van der Waals surface area (Å²) in [6, 6.07) is 2.00. The molecule has 1 aliphatic rings. The van der Waals surface area contributed by atoms with Crippen LogP contribution in [0, 0.1) is 18.6 Å². The molecule has 5 nitrogen and oxygen atoms in total. The predicted octanol–water partition coefficient (Wildman–Crippen LogP) is 3.12. The molecule has 23 heavy (non-hydrogen) atoms. The van der Waals surface area contributed by atoms with Crippen LogP contribution in [0.5, 0.6) is 5.75 Å². The number of aromatic nitrogens is 2. The molecule has 1 aliphatic heterocycles. The van der Waals surface area contributed by atoms with Crippen molar-refractivity contribution in [2.24, 2.45) is 0 Å². The predicted molar refractivity (Wildman–Crippen MR) is 76.7 cm³/mol. The van der Waals surface area contributed by atoms with E-state index in [1.54, 1.807) is 13.8 Å². The monoisotopic (exact) mass is 320 g/mol. The third-order valence-corrected chi connectivity index (χ3v) is 3.49. The lowest BCUT2D eigenvalue weighted by Crippen LogP contribution is -2.20. The highest BCUT2D eigenvalue weighted by atomic mass is 19.2. The summed E-state index contributed by atoms with van der Waals surface area (Å²) in [7, 11) is 0. The van der Waals surface area contributed by atoms with Gasteiger partial charge in [0.1, 0.15) is 17.7 Å². The highest BCUT2D eigenvalue weighted by molar-refractivity contribution is 5.75. The second-order valence-electron chi connectivity index (χ2n) is 5.10. The van der Waals surface area contributed by atoms with E-state index in [-0.39, 0.29) is 18.8 Å². The van der Waals surface area contributed by atoms with Crippen LogP contribution in [0.25, 0.3) is 11.3 Å². The summed E-state index contributed by atoms with van der Waals surface area (Å²) in [6.45, 7) is 3.64. The zero-order valence-corrected chi connectivity index (χ0v) is 12.6. The number of carbonyl (C=O) groups is 1. The van der Waals surface area contributed by atoms with E-state index in [2.05, 4.69) is 9.97 Å². The third kappa shape index (κ3) is 2.86. The summed E-state index contributed by atoms with van der Waals surface area (Å²) in [6.07, 6.45) is 0.763. The largest absolute Gasteiger partial charge is 0.484 e. The number of rotatable bonds is 3. The molecule has 1 atom stereocenters. The molecule has 1 aromatic heterocycles. The summed E-state index contributed by atoms with van der Waals surface area (Å²) in [5.41, 5.74) is 1.32. The van der Waals surface area contributed by atoms with Crippen molar-refractivity contribution in [1.29, 1.82) is 0 Å². The summed E-state index contributed by atoms with van der Waals surface area (Å²) >= 11 is 0. The van der Waals surface area contributed by atoms with Crippen LogP contribution in [0.3, 0.4) is 0 Å². The number of hydrogen-bond acceptors (Lipinski definition) is 5. The molecule has 2 aromatic rings. The van der Waals surface area contributed by atoms with Gasteiger partial charge in [0.05, 0.1) is 18.7 Å². The lowest BCUT2D eigenvalue weighted by Gasteiger charge is -2.27. The average molecular weight is 320 g/mol. The molecule has 3 rings (SSSR count). The summed E-state index contributed by atoms with van der Waals surface area (Å²) < 4.78 is 37.6. The lowest BCUT2D eigenvalue weighted by molar-refractivity contribution is -0.145. The standard InChI is InChI=1S/C16H14F2N2O3/c1-3-22-15(21)6-14-10-7-19-8(2)20-16(10)9-4-11(17)12(18)5-13(9)23-14/h4-5,7,14H,3,6H2,1-2H3.